The van der Waals surface area contributed by atoms with Crippen LogP contribution in [0.3, 0.4) is 0 Å². The molecule has 0 unspecified atom stereocenters. The lowest BCUT2D eigenvalue weighted by molar-refractivity contribution is 0.310. The number of rotatable bonds is 6. The van der Waals surface area contributed by atoms with Gasteiger partial charge < -0.3 is 10.1 Å². The highest BCUT2D eigenvalue weighted by atomic mass is 32.1. The number of anilines is 1. The van der Waals surface area contributed by atoms with Gasteiger partial charge in [0, 0.05) is 29.6 Å². The van der Waals surface area contributed by atoms with E-state index in [0.29, 0.717) is 18.4 Å². The minimum atomic E-state index is 0.628. The van der Waals surface area contributed by atoms with E-state index < -0.39 is 0 Å². The van der Waals surface area contributed by atoms with Crippen molar-refractivity contribution in [3.63, 3.8) is 0 Å². The fourth-order valence-corrected chi connectivity index (χ4v) is 2.25. The van der Waals surface area contributed by atoms with Gasteiger partial charge in [0.1, 0.15) is 0 Å². The van der Waals surface area contributed by atoms with Crippen LogP contribution in [0.25, 0.3) is 0 Å². The molecule has 0 aliphatic carbocycles. The van der Waals surface area contributed by atoms with Crippen molar-refractivity contribution in [1.82, 2.24) is 9.97 Å². The van der Waals surface area contributed by atoms with E-state index in [2.05, 4.69) is 32.8 Å². The topological polar surface area (TPSA) is 47.0 Å². The van der Waals surface area contributed by atoms with E-state index in [-0.39, 0.29) is 0 Å². The highest BCUT2D eigenvalue weighted by molar-refractivity contribution is 7.09. The van der Waals surface area contributed by atoms with E-state index in [1.165, 1.54) is 4.88 Å². The van der Waals surface area contributed by atoms with Gasteiger partial charge in [-0.15, -0.1) is 11.3 Å². The second-order valence-electron chi connectivity index (χ2n) is 3.88. The van der Waals surface area contributed by atoms with Crippen LogP contribution in [0.15, 0.2) is 23.6 Å². The molecule has 2 aromatic rings. The Balaban J connectivity index is 1.92. The van der Waals surface area contributed by atoms with Crippen molar-refractivity contribution in [2.24, 2.45) is 0 Å². The van der Waals surface area contributed by atoms with Crippen LogP contribution in [0.2, 0.25) is 0 Å². The summed E-state index contributed by atoms with van der Waals surface area (Å²) in [5.41, 5.74) is 0.909. The van der Waals surface area contributed by atoms with Gasteiger partial charge in [-0.1, -0.05) is 6.07 Å². The van der Waals surface area contributed by atoms with Crippen molar-refractivity contribution >= 4 is 17.3 Å². The normalized spacial score (nSPS) is 10.3. The van der Waals surface area contributed by atoms with E-state index >= 15 is 0 Å². The molecule has 0 fully saturated rings. The van der Waals surface area contributed by atoms with Crippen LogP contribution < -0.4 is 10.1 Å². The lowest BCUT2D eigenvalue weighted by atomic mass is 10.4. The molecule has 5 heteroatoms. The quantitative estimate of drug-likeness (QED) is 0.870. The molecule has 4 nitrogen and oxygen atoms in total. The largest absolute Gasteiger partial charge is 0.477 e. The third kappa shape index (κ3) is 3.70. The molecule has 18 heavy (non-hydrogen) atoms. The van der Waals surface area contributed by atoms with Crippen molar-refractivity contribution in [2.75, 3.05) is 18.5 Å². The molecule has 0 amide bonds. The third-order valence-corrected chi connectivity index (χ3v) is 3.28. The molecule has 2 aromatic heterocycles. The number of nitrogens with one attached hydrogen (secondary N) is 1. The van der Waals surface area contributed by atoms with E-state index in [1.54, 1.807) is 11.3 Å². The molecule has 96 valence electrons. The number of thiophene rings is 1. The van der Waals surface area contributed by atoms with Crippen LogP contribution in [-0.4, -0.2) is 23.1 Å². The van der Waals surface area contributed by atoms with Gasteiger partial charge in [-0.25, -0.2) is 4.98 Å². The van der Waals surface area contributed by atoms with Gasteiger partial charge in [0.05, 0.1) is 6.61 Å². The fraction of sp³-hybridized carbons (Fsp3) is 0.385. The first kappa shape index (κ1) is 12.8. The van der Waals surface area contributed by atoms with Gasteiger partial charge in [0.15, 0.2) is 0 Å². The maximum absolute atomic E-state index is 5.66. The van der Waals surface area contributed by atoms with Crippen LogP contribution in [0, 0.1) is 6.92 Å². The summed E-state index contributed by atoms with van der Waals surface area (Å²) >= 11 is 1.75. The van der Waals surface area contributed by atoms with Gasteiger partial charge in [-0.2, -0.15) is 4.98 Å². The molecule has 0 spiro atoms. The highest BCUT2D eigenvalue weighted by Crippen LogP contribution is 2.13. The Bertz CT molecular complexity index is 485. The van der Waals surface area contributed by atoms with Crippen molar-refractivity contribution in [2.45, 2.75) is 20.3 Å². The van der Waals surface area contributed by atoms with E-state index in [1.807, 2.05) is 19.9 Å². The molecule has 0 atom stereocenters. The second-order valence-corrected chi connectivity index (χ2v) is 4.91. The molecule has 0 bridgehead atoms. The Morgan fingerprint density at radius 3 is 3.00 bits per heavy atom. The van der Waals surface area contributed by atoms with Crippen LogP contribution in [0.5, 0.6) is 5.88 Å². The van der Waals surface area contributed by atoms with Gasteiger partial charge in [0.2, 0.25) is 11.8 Å². The summed E-state index contributed by atoms with van der Waals surface area (Å²) in [6.07, 6.45) is 0.914. The van der Waals surface area contributed by atoms with E-state index in [0.717, 1.165) is 18.7 Å². The SMILES string of the molecule is CCNc1nc(C)cc(OCCc2cccs2)n1. The zero-order valence-electron chi connectivity index (χ0n) is 10.6. The Morgan fingerprint density at radius 2 is 2.28 bits per heavy atom. The third-order valence-electron chi connectivity index (χ3n) is 2.34. The Kier molecular flexibility index (Phi) is 4.52. The summed E-state index contributed by atoms with van der Waals surface area (Å²) in [5.74, 6) is 1.26. The number of aryl methyl sites for hydroxylation is 1. The lowest BCUT2D eigenvalue weighted by Gasteiger charge is -2.08. The number of hydrogen-bond donors (Lipinski definition) is 1. The molecule has 0 aliphatic rings. The predicted octanol–water partition coefficient (Wildman–Crippen LogP) is 2.90. The second kappa shape index (κ2) is 6.35. The van der Waals surface area contributed by atoms with Crippen LogP contribution >= 0.6 is 11.3 Å². The van der Waals surface area contributed by atoms with Crippen molar-refractivity contribution in [1.29, 1.82) is 0 Å². The van der Waals surface area contributed by atoms with Crippen LogP contribution in [-0.2, 0) is 6.42 Å². The summed E-state index contributed by atoms with van der Waals surface area (Å²) in [7, 11) is 0. The molecule has 0 radical (unpaired) electrons. The highest BCUT2D eigenvalue weighted by Gasteiger charge is 2.02. The summed E-state index contributed by atoms with van der Waals surface area (Å²) in [4.78, 5) is 9.91. The van der Waals surface area contributed by atoms with Gasteiger partial charge in [-0.05, 0) is 25.3 Å². The first-order valence-corrected chi connectivity index (χ1v) is 6.90. The molecular formula is C13H17N3OS. The molecule has 0 saturated heterocycles. The Labute approximate surface area is 111 Å². The Morgan fingerprint density at radius 1 is 1.39 bits per heavy atom. The summed E-state index contributed by atoms with van der Waals surface area (Å²) in [5, 5.41) is 5.17. The molecule has 0 saturated carbocycles. The first-order chi connectivity index (χ1) is 8.78. The minimum Gasteiger partial charge on any atom is -0.477 e. The molecule has 1 N–H and O–H groups in total. The van der Waals surface area contributed by atoms with Gasteiger partial charge >= 0.3 is 0 Å². The lowest BCUT2D eigenvalue weighted by Crippen LogP contribution is -2.07. The molecule has 0 aromatic carbocycles. The van der Waals surface area contributed by atoms with Crippen LogP contribution in [0.4, 0.5) is 5.95 Å². The fourth-order valence-electron chi connectivity index (χ4n) is 1.56. The van der Waals surface area contributed by atoms with Crippen LogP contribution in [0.1, 0.15) is 17.5 Å². The average Bonchev–Trinajstić information content (AvgIpc) is 2.82. The monoisotopic (exact) mass is 263 g/mol. The number of nitrogens with zero attached hydrogens (tertiary/aromatic N) is 2. The number of hydrogen-bond acceptors (Lipinski definition) is 5. The van der Waals surface area contributed by atoms with E-state index in [9.17, 15) is 0 Å². The summed E-state index contributed by atoms with van der Waals surface area (Å²) in [6, 6.07) is 6.02. The van der Waals surface area contributed by atoms with E-state index in [4.69, 9.17) is 4.74 Å². The maximum atomic E-state index is 5.66. The standard InChI is InChI=1S/C13H17N3OS/c1-3-14-13-15-10(2)9-12(16-13)17-7-6-11-5-4-8-18-11/h4-5,8-9H,3,6-7H2,1-2H3,(H,14,15,16). The Hall–Kier alpha value is -1.62. The smallest absolute Gasteiger partial charge is 0.226 e. The van der Waals surface area contributed by atoms with Crippen molar-refractivity contribution in [3.8, 4) is 5.88 Å². The molecule has 2 heterocycles. The van der Waals surface area contributed by atoms with Gasteiger partial charge in [-0.3, -0.25) is 0 Å². The summed E-state index contributed by atoms with van der Waals surface area (Å²) in [6.45, 7) is 5.40. The molecule has 0 aliphatic heterocycles. The summed E-state index contributed by atoms with van der Waals surface area (Å²) < 4.78 is 5.66. The maximum Gasteiger partial charge on any atom is 0.226 e. The predicted molar refractivity (Wildman–Crippen MR) is 74.5 cm³/mol. The average molecular weight is 263 g/mol. The number of aromatic nitrogens is 2. The van der Waals surface area contributed by atoms with Crippen molar-refractivity contribution < 1.29 is 4.74 Å². The number of ether oxygens (including phenoxy) is 1. The molecule has 2 rings (SSSR count). The van der Waals surface area contributed by atoms with Crippen molar-refractivity contribution in [3.05, 3.63) is 34.2 Å². The first-order valence-electron chi connectivity index (χ1n) is 6.02. The van der Waals surface area contributed by atoms with Gasteiger partial charge in [0.25, 0.3) is 0 Å². The zero-order valence-corrected chi connectivity index (χ0v) is 11.5. The zero-order chi connectivity index (χ0) is 12.8. The molecular weight excluding hydrogens is 246 g/mol. The minimum absolute atomic E-state index is 0.628.